The van der Waals surface area contributed by atoms with Gasteiger partial charge in [-0.2, -0.15) is 0 Å². The van der Waals surface area contributed by atoms with Gasteiger partial charge in [0.1, 0.15) is 11.6 Å². The lowest BCUT2D eigenvalue weighted by Crippen LogP contribution is -2.08. The number of aromatic nitrogens is 2. The standard InChI is InChI=1S/C12H18BrN3/c1-4-14-12-9(13)10(8-5-6-8)15-11(16-12)7(2)3/h7-8H,4-6H2,1-3H3,(H,14,15,16). The van der Waals surface area contributed by atoms with Crippen molar-refractivity contribution in [1.82, 2.24) is 9.97 Å². The lowest BCUT2D eigenvalue weighted by Gasteiger charge is -2.13. The molecule has 0 amide bonds. The van der Waals surface area contributed by atoms with Crippen LogP contribution in [0.5, 0.6) is 0 Å². The first-order valence-corrected chi connectivity index (χ1v) is 6.74. The molecular weight excluding hydrogens is 266 g/mol. The molecule has 0 saturated heterocycles. The summed E-state index contributed by atoms with van der Waals surface area (Å²) in [6.07, 6.45) is 2.53. The van der Waals surface area contributed by atoms with Crippen LogP contribution in [0.15, 0.2) is 4.47 Å². The van der Waals surface area contributed by atoms with Crippen molar-refractivity contribution in [2.24, 2.45) is 0 Å². The van der Waals surface area contributed by atoms with Gasteiger partial charge in [-0.3, -0.25) is 0 Å². The van der Waals surface area contributed by atoms with E-state index in [1.54, 1.807) is 0 Å². The van der Waals surface area contributed by atoms with Crippen molar-refractivity contribution >= 4 is 21.7 Å². The van der Waals surface area contributed by atoms with Crippen molar-refractivity contribution in [2.75, 3.05) is 11.9 Å². The van der Waals surface area contributed by atoms with Crippen molar-refractivity contribution < 1.29 is 0 Å². The van der Waals surface area contributed by atoms with E-state index >= 15 is 0 Å². The minimum absolute atomic E-state index is 0.378. The summed E-state index contributed by atoms with van der Waals surface area (Å²) in [6.45, 7) is 7.24. The number of hydrogen-bond donors (Lipinski definition) is 1. The first-order valence-electron chi connectivity index (χ1n) is 5.94. The maximum Gasteiger partial charge on any atom is 0.144 e. The maximum atomic E-state index is 4.68. The quantitative estimate of drug-likeness (QED) is 0.916. The van der Waals surface area contributed by atoms with Crippen LogP contribution in [0.25, 0.3) is 0 Å². The Kier molecular flexibility index (Phi) is 3.47. The fraction of sp³-hybridized carbons (Fsp3) is 0.667. The molecule has 1 N–H and O–H groups in total. The van der Waals surface area contributed by atoms with Crippen LogP contribution in [-0.2, 0) is 0 Å². The van der Waals surface area contributed by atoms with Crippen LogP contribution in [0.2, 0.25) is 0 Å². The van der Waals surface area contributed by atoms with Crippen LogP contribution in [0.3, 0.4) is 0 Å². The maximum absolute atomic E-state index is 4.68. The van der Waals surface area contributed by atoms with Crippen molar-refractivity contribution in [3.8, 4) is 0 Å². The molecule has 0 spiro atoms. The van der Waals surface area contributed by atoms with Gasteiger partial charge in [0, 0.05) is 18.4 Å². The SMILES string of the molecule is CCNc1nc(C(C)C)nc(C2CC2)c1Br. The first kappa shape index (κ1) is 11.8. The van der Waals surface area contributed by atoms with Gasteiger partial charge < -0.3 is 5.32 Å². The third kappa shape index (κ3) is 2.37. The molecule has 1 heterocycles. The average molecular weight is 284 g/mol. The summed E-state index contributed by atoms with van der Waals surface area (Å²) in [5.41, 5.74) is 1.19. The minimum Gasteiger partial charge on any atom is -0.369 e. The van der Waals surface area contributed by atoms with Gasteiger partial charge in [-0.05, 0) is 35.7 Å². The van der Waals surface area contributed by atoms with Crippen LogP contribution >= 0.6 is 15.9 Å². The van der Waals surface area contributed by atoms with E-state index in [0.29, 0.717) is 11.8 Å². The van der Waals surface area contributed by atoms with Gasteiger partial charge >= 0.3 is 0 Å². The largest absolute Gasteiger partial charge is 0.369 e. The van der Waals surface area contributed by atoms with Gasteiger partial charge in [-0.15, -0.1) is 0 Å². The Morgan fingerprint density at radius 2 is 2.06 bits per heavy atom. The molecule has 0 bridgehead atoms. The molecule has 4 heteroatoms. The third-order valence-corrected chi connectivity index (χ3v) is 3.50. The van der Waals surface area contributed by atoms with E-state index in [-0.39, 0.29) is 0 Å². The molecule has 1 aromatic rings. The van der Waals surface area contributed by atoms with Crippen molar-refractivity contribution in [3.63, 3.8) is 0 Å². The summed E-state index contributed by atoms with van der Waals surface area (Å²) in [5, 5.41) is 3.30. The summed E-state index contributed by atoms with van der Waals surface area (Å²) < 4.78 is 1.06. The Morgan fingerprint density at radius 1 is 1.38 bits per heavy atom. The Labute approximate surface area is 105 Å². The zero-order chi connectivity index (χ0) is 11.7. The van der Waals surface area contributed by atoms with Crippen molar-refractivity contribution in [1.29, 1.82) is 0 Å². The molecule has 1 aromatic heterocycles. The smallest absolute Gasteiger partial charge is 0.144 e. The Balaban J connectivity index is 2.42. The highest BCUT2D eigenvalue weighted by Gasteiger charge is 2.29. The monoisotopic (exact) mass is 283 g/mol. The Hall–Kier alpha value is -0.640. The highest BCUT2D eigenvalue weighted by Crippen LogP contribution is 2.44. The van der Waals surface area contributed by atoms with E-state index in [4.69, 9.17) is 0 Å². The Bertz CT molecular complexity index is 386. The van der Waals surface area contributed by atoms with Gasteiger partial charge in [0.15, 0.2) is 0 Å². The number of hydrogen-bond acceptors (Lipinski definition) is 3. The van der Waals surface area contributed by atoms with Gasteiger partial charge in [-0.1, -0.05) is 13.8 Å². The second-order valence-corrected chi connectivity index (χ2v) is 5.38. The van der Waals surface area contributed by atoms with Crippen LogP contribution < -0.4 is 5.32 Å². The molecule has 3 nitrogen and oxygen atoms in total. The van der Waals surface area contributed by atoms with Crippen LogP contribution in [-0.4, -0.2) is 16.5 Å². The predicted octanol–water partition coefficient (Wildman–Crippen LogP) is 3.67. The fourth-order valence-corrected chi connectivity index (χ4v) is 2.29. The van der Waals surface area contributed by atoms with Crippen LogP contribution in [0, 0.1) is 0 Å². The molecular formula is C12H18BrN3. The van der Waals surface area contributed by atoms with E-state index < -0.39 is 0 Å². The Morgan fingerprint density at radius 3 is 2.56 bits per heavy atom. The molecule has 1 saturated carbocycles. The lowest BCUT2D eigenvalue weighted by molar-refractivity contribution is 0.754. The van der Waals surface area contributed by atoms with E-state index in [9.17, 15) is 0 Å². The molecule has 1 aliphatic rings. The second kappa shape index (κ2) is 4.70. The molecule has 0 unspecified atom stereocenters. The molecule has 1 aliphatic carbocycles. The van der Waals surface area contributed by atoms with Crippen molar-refractivity contribution in [2.45, 2.75) is 45.4 Å². The fourth-order valence-electron chi connectivity index (χ4n) is 1.65. The predicted molar refractivity (Wildman–Crippen MR) is 70.0 cm³/mol. The van der Waals surface area contributed by atoms with E-state index in [1.807, 2.05) is 0 Å². The molecule has 88 valence electrons. The highest BCUT2D eigenvalue weighted by atomic mass is 79.9. The van der Waals surface area contributed by atoms with Gasteiger partial charge in [0.05, 0.1) is 10.2 Å². The summed E-state index contributed by atoms with van der Waals surface area (Å²) in [7, 11) is 0. The van der Waals surface area contributed by atoms with Crippen LogP contribution in [0.1, 0.15) is 57.0 Å². The van der Waals surface area contributed by atoms with E-state index in [2.05, 4.69) is 52.0 Å². The van der Waals surface area contributed by atoms with E-state index in [1.165, 1.54) is 18.5 Å². The topological polar surface area (TPSA) is 37.8 Å². The van der Waals surface area contributed by atoms with Gasteiger partial charge in [-0.25, -0.2) is 9.97 Å². The molecule has 0 aromatic carbocycles. The average Bonchev–Trinajstić information content (AvgIpc) is 3.04. The number of halogens is 1. The van der Waals surface area contributed by atoms with Crippen LogP contribution in [0.4, 0.5) is 5.82 Å². The molecule has 2 rings (SSSR count). The number of anilines is 1. The third-order valence-electron chi connectivity index (χ3n) is 2.72. The zero-order valence-electron chi connectivity index (χ0n) is 10.0. The molecule has 0 aliphatic heterocycles. The lowest BCUT2D eigenvalue weighted by atomic mass is 10.2. The molecule has 0 atom stereocenters. The summed E-state index contributed by atoms with van der Waals surface area (Å²) in [4.78, 5) is 9.24. The molecule has 1 fully saturated rings. The first-order chi connectivity index (χ1) is 7.63. The highest BCUT2D eigenvalue weighted by molar-refractivity contribution is 9.10. The molecule has 16 heavy (non-hydrogen) atoms. The minimum atomic E-state index is 0.378. The van der Waals surface area contributed by atoms with Gasteiger partial charge in [0.2, 0.25) is 0 Å². The van der Waals surface area contributed by atoms with Crippen molar-refractivity contribution in [3.05, 3.63) is 16.0 Å². The normalized spacial score (nSPS) is 15.6. The summed E-state index contributed by atoms with van der Waals surface area (Å²) >= 11 is 3.62. The zero-order valence-corrected chi connectivity index (χ0v) is 11.6. The number of nitrogens with one attached hydrogen (secondary N) is 1. The number of nitrogens with zero attached hydrogens (tertiary/aromatic N) is 2. The van der Waals surface area contributed by atoms with E-state index in [0.717, 1.165) is 22.7 Å². The number of rotatable bonds is 4. The summed E-state index contributed by atoms with van der Waals surface area (Å²) in [5.74, 6) is 2.92. The summed E-state index contributed by atoms with van der Waals surface area (Å²) in [6, 6.07) is 0. The molecule has 0 radical (unpaired) electrons. The van der Waals surface area contributed by atoms with Gasteiger partial charge in [0.25, 0.3) is 0 Å². The second-order valence-electron chi connectivity index (χ2n) is 4.59.